The number of aromatic nitrogens is 1. The van der Waals surface area contributed by atoms with E-state index in [0.29, 0.717) is 24.0 Å². The van der Waals surface area contributed by atoms with Crippen LogP contribution in [0.3, 0.4) is 0 Å². The summed E-state index contributed by atoms with van der Waals surface area (Å²) in [4.78, 5) is 19.3. The van der Waals surface area contributed by atoms with Crippen LogP contribution in [0.15, 0.2) is 60.0 Å². The summed E-state index contributed by atoms with van der Waals surface area (Å²) in [6.45, 7) is 1.55. The Morgan fingerprint density at radius 3 is 2.73 bits per heavy atom. The van der Waals surface area contributed by atoms with Gasteiger partial charge in [0.05, 0.1) is 24.9 Å². The molecule has 1 aromatic heterocycles. The van der Waals surface area contributed by atoms with Crippen molar-refractivity contribution >= 4 is 22.4 Å². The number of ether oxygens (including phenoxy) is 2. The van der Waals surface area contributed by atoms with Gasteiger partial charge >= 0.3 is 0 Å². The molecule has 0 spiro atoms. The minimum absolute atomic E-state index is 0.0296. The Kier molecular flexibility index (Phi) is 6.84. The van der Waals surface area contributed by atoms with Gasteiger partial charge < -0.3 is 9.47 Å². The lowest BCUT2D eigenvalue weighted by molar-refractivity contribution is -0.124. The molecular weight excluding hydrogens is 403 g/mol. The second-order valence-corrected chi connectivity index (χ2v) is 7.97. The van der Waals surface area contributed by atoms with Crippen LogP contribution in [0.5, 0.6) is 0 Å². The zero-order valence-electron chi connectivity index (χ0n) is 16.5. The molecule has 0 aliphatic carbocycles. The third-order valence-electron chi connectivity index (χ3n) is 4.90. The summed E-state index contributed by atoms with van der Waals surface area (Å²) in [5, 5.41) is 2.46. The van der Waals surface area contributed by atoms with E-state index in [9.17, 15) is 9.18 Å². The minimum atomic E-state index is -0.293. The molecular formula is C23H23FN2O3S. The van der Waals surface area contributed by atoms with Crippen molar-refractivity contribution in [3.05, 3.63) is 71.4 Å². The second kappa shape index (κ2) is 9.93. The predicted molar refractivity (Wildman–Crippen MR) is 115 cm³/mol. The number of halogens is 1. The van der Waals surface area contributed by atoms with E-state index in [-0.39, 0.29) is 24.4 Å². The molecule has 156 valence electrons. The average Bonchev–Trinajstić information content (AvgIpc) is 3.46. The molecule has 30 heavy (non-hydrogen) atoms. The van der Waals surface area contributed by atoms with E-state index in [4.69, 9.17) is 9.47 Å². The van der Waals surface area contributed by atoms with Gasteiger partial charge in [0.15, 0.2) is 5.13 Å². The van der Waals surface area contributed by atoms with Crippen molar-refractivity contribution in [2.75, 3.05) is 24.7 Å². The molecule has 4 rings (SSSR count). The maximum absolute atomic E-state index is 13.2. The highest BCUT2D eigenvalue weighted by Gasteiger charge is 2.22. The van der Waals surface area contributed by atoms with Gasteiger partial charge in [-0.3, -0.25) is 9.69 Å². The molecule has 0 N–H and O–H groups in total. The average molecular weight is 427 g/mol. The van der Waals surface area contributed by atoms with Crippen molar-refractivity contribution in [2.45, 2.75) is 25.5 Å². The zero-order chi connectivity index (χ0) is 20.8. The van der Waals surface area contributed by atoms with Crippen molar-refractivity contribution in [2.24, 2.45) is 0 Å². The van der Waals surface area contributed by atoms with Gasteiger partial charge in [-0.1, -0.05) is 30.3 Å². The standard InChI is InChI=1S/C23H23FN2O3S/c24-19-10-8-18(9-11-19)21-16-30-23(25-21)26(13-17-5-2-1-3-6-17)22(27)15-28-14-20-7-4-12-29-20/h1-3,5-6,8-11,16,20H,4,7,12-15H2. The van der Waals surface area contributed by atoms with Crippen molar-refractivity contribution in [1.82, 2.24) is 4.98 Å². The Labute approximate surface area is 179 Å². The molecule has 3 aromatic rings. The first-order valence-electron chi connectivity index (χ1n) is 9.94. The Bertz CT molecular complexity index is 956. The number of carbonyl (C=O) groups is 1. The number of thiazole rings is 1. The molecule has 7 heteroatoms. The van der Waals surface area contributed by atoms with Gasteiger partial charge in [-0.25, -0.2) is 9.37 Å². The number of benzene rings is 2. The first-order chi connectivity index (χ1) is 14.7. The van der Waals surface area contributed by atoms with Crippen molar-refractivity contribution in [3.8, 4) is 11.3 Å². The van der Waals surface area contributed by atoms with Gasteiger partial charge in [0.1, 0.15) is 12.4 Å². The van der Waals surface area contributed by atoms with Gasteiger partial charge in [0, 0.05) is 17.6 Å². The van der Waals surface area contributed by atoms with Crippen LogP contribution in [0.4, 0.5) is 9.52 Å². The van der Waals surface area contributed by atoms with Crippen LogP contribution in [0.1, 0.15) is 18.4 Å². The fourth-order valence-electron chi connectivity index (χ4n) is 3.30. The SMILES string of the molecule is O=C(COCC1CCCO1)N(Cc1ccccc1)c1nc(-c2ccc(F)cc2)cs1. The fraction of sp³-hybridized carbons (Fsp3) is 0.304. The normalized spacial score (nSPS) is 16.0. The van der Waals surface area contributed by atoms with Crippen molar-refractivity contribution < 1.29 is 18.7 Å². The summed E-state index contributed by atoms with van der Waals surface area (Å²) < 4.78 is 24.4. The van der Waals surface area contributed by atoms with Crippen LogP contribution < -0.4 is 4.90 Å². The van der Waals surface area contributed by atoms with E-state index in [0.717, 1.165) is 30.6 Å². The predicted octanol–water partition coefficient (Wildman–Crippen LogP) is 4.68. The van der Waals surface area contributed by atoms with Crippen LogP contribution in [0, 0.1) is 5.82 Å². The van der Waals surface area contributed by atoms with Crippen LogP contribution in [-0.4, -0.2) is 36.8 Å². The van der Waals surface area contributed by atoms with Gasteiger partial charge in [-0.05, 0) is 42.7 Å². The van der Waals surface area contributed by atoms with Crippen molar-refractivity contribution in [3.63, 3.8) is 0 Å². The number of anilines is 1. The van der Waals surface area contributed by atoms with E-state index in [1.807, 2.05) is 35.7 Å². The van der Waals surface area contributed by atoms with Gasteiger partial charge in [0.25, 0.3) is 5.91 Å². The Morgan fingerprint density at radius 1 is 1.20 bits per heavy atom. The Morgan fingerprint density at radius 2 is 2.00 bits per heavy atom. The first-order valence-corrected chi connectivity index (χ1v) is 10.8. The third-order valence-corrected chi connectivity index (χ3v) is 5.76. The second-order valence-electron chi connectivity index (χ2n) is 7.14. The molecule has 0 radical (unpaired) electrons. The number of amides is 1. The lowest BCUT2D eigenvalue weighted by Crippen LogP contribution is -2.34. The summed E-state index contributed by atoms with van der Waals surface area (Å²) in [7, 11) is 0. The molecule has 1 amide bonds. The maximum Gasteiger partial charge on any atom is 0.255 e. The topological polar surface area (TPSA) is 51.7 Å². The number of rotatable bonds is 8. The summed E-state index contributed by atoms with van der Waals surface area (Å²) in [5.74, 6) is -0.449. The van der Waals surface area contributed by atoms with Crippen molar-refractivity contribution in [1.29, 1.82) is 0 Å². The minimum Gasteiger partial charge on any atom is -0.376 e. The molecule has 0 bridgehead atoms. The smallest absolute Gasteiger partial charge is 0.255 e. The largest absolute Gasteiger partial charge is 0.376 e. The summed E-state index contributed by atoms with van der Waals surface area (Å²) in [5.41, 5.74) is 2.52. The lowest BCUT2D eigenvalue weighted by Gasteiger charge is -2.20. The van der Waals surface area contributed by atoms with Gasteiger partial charge in [-0.15, -0.1) is 11.3 Å². The van der Waals surface area contributed by atoms with E-state index in [1.165, 1.54) is 23.5 Å². The van der Waals surface area contributed by atoms with E-state index in [1.54, 1.807) is 17.0 Å². The molecule has 1 saturated heterocycles. The summed E-state index contributed by atoms with van der Waals surface area (Å²) in [6.07, 6.45) is 2.08. The Balaban J connectivity index is 1.49. The molecule has 1 aliphatic heterocycles. The Hall–Kier alpha value is -2.61. The number of hydrogen-bond donors (Lipinski definition) is 0. The molecule has 5 nitrogen and oxygen atoms in total. The van der Waals surface area contributed by atoms with E-state index >= 15 is 0 Å². The molecule has 2 aromatic carbocycles. The van der Waals surface area contributed by atoms with E-state index in [2.05, 4.69) is 4.98 Å². The van der Waals surface area contributed by atoms with Gasteiger partial charge in [-0.2, -0.15) is 0 Å². The highest BCUT2D eigenvalue weighted by Crippen LogP contribution is 2.29. The molecule has 2 heterocycles. The van der Waals surface area contributed by atoms with Gasteiger partial charge in [0.2, 0.25) is 0 Å². The van der Waals surface area contributed by atoms with Crippen LogP contribution in [0.25, 0.3) is 11.3 Å². The van der Waals surface area contributed by atoms with Crippen LogP contribution in [-0.2, 0) is 20.8 Å². The summed E-state index contributed by atoms with van der Waals surface area (Å²) in [6, 6.07) is 15.9. The first kappa shape index (κ1) is 20.7. The molecule has 1 aliphatic rings. The lowest BCUT2D eigenvalue weighted by atomic mass is 10.2. The quantitative estimate of drug-likeness (QED) is 0.525. The third kappa shape index (κ3) is 5.30. The molecule has 1 unspecified atom stereocenters. The monoisotopic (exact) mass is 426 g/mol. The van der Waals surface area contributed by atoms with Crippen LogP contribution >= 0.6 is 11.3 Å². The van der Waals surface area contributed by atoms with E-state index < -0.39 is 0 Å². The molecule has 1 fully saturated rings. The maximum atomic E-state index is 13.2. The fourth-order valence-corrected chi connectivity index (χ4v) is 4.15. The summed E-state index contributed by atoms with van der Waals surface area (Å²) >= 11 is 1.38. The molecule has 1 atom stereocenters. The number of nitrogens with zero attached hydrogens (tertiary/aromatic N) is 2. The number of hydrogen-bond acceptors (Lipinski definition) is 5. The highest BCUT2D eigenvalue weighted by atomic mass is 32.1. The molecule has 0 saturated carbocycles. The zero-order valence-corrected chi connectivity index (χ0v) is 17.3. The number of carbonyl (C=O) groups excluding carboxylic acids is 1. The highest BCUT2D eigenvalue weighted by molar-refractivity contribution is 7.14. The van der Waals surface area contributed by atoms with Crippen LogP contribution in [0.2, 0.25) is 0 Å².